The highest BCUT2D eigenvalue weighted by atomic mass is 32.2. The molecular weight excluding hydrogens is 262 g/mol. The van der Waals surface area contributed by atoms with E-state index in [9.17, 15) is 0 Å². The highest BCUT2D eigenvalue weighted by Crippen LogP contribution is 2.22. The van der Waals surface area contributed by atoms with Crippen LogP contribution in [0.5, 0.6) is 0 Å². The number of hydrogen-bond donors (Lipinski definition) is 1. The Bertz CT molecular complexity index is 548. The zero-order valence-corrected chi connectivity index (χ0v) is 13.5. The van der Waals surface area contributed by atoms with Gasteiger partial charge in [0.1, 0.15) is 0 Å². The Kier molecular flexibility index (Phi) is 5.27. The molecule has 0 fully saturated rings. The first kappa shape index (κ1) is 15.1. The van der Waals surface area contributed by atoms with Crippen LogP contribution in [-0.2, 0) is 0 Å². The predicted octanol–water partition coefficient (Wildman–Crippen LogP) is 5.13. The van der Waals surface area contributed by atoms with Crippen molar-refractivity contribution in [2.45, 2.75) is 37.8 Å². The maximum absolute atomic E-state index is 3.67. The van der Waals surface area contributed by atoms with Crippen LogP contribution in [0.4, 0.5) is 0 Å². The zero-order valence-electron chi connectivity index (χ0n) is 12.7. The molecule has 1 N–H and O–H groups in total. The van der Waals surface area contributed by atoms with E-state index in [1.54, 1.807) is 11.8 Å². The van der Waals surface area contributed by atoms with Crippen molar-refractivity contribution in [2.24, 2.45) is 0 Å². The fraction of sp³-hybridized carbons (Fsp3) is 0.333. The van der Waals surface area contributed by atoms with Crippen LogP contribution in [0, 0.1) is 6.92 Å². The molecule has 2 aromatic carbocycles. The van der Waals surface area contributed by atoms with Gasteiger partial charge in [0.2, 0.25) is 0 Å². The Balaban J connectivity index is 2.04. The Morgan fingerprint density at radius 2 is 1.55 bits per heavy atom. The topological polar surface area (TPSA) is 12.0 Å². The van der Waals surface area contributed by atoms with Crippen LogP contribution in [0.2, 0.25) is 0 Å². The lowest BCUT2D eigenvalue weighted by atomic mass is 10.0. The number of rotatable bonds is 5. The van der Waals surface area contributed by atoms with Crippen molar-refractivity contribution in [3.05, 3.63) is 65.2 Å². The van der Waals surface area contributed by atoms with Gasteiger partial charge in [0.15, 0.2) is 0 Å². The molecule has 0 aliphatic rings. The molecule has 1 nitrogen and oxygen atoms in total. The minimum absolute atomic E-state index is 0.349. The molecule has 106 valence electrons. The van der Waals surface area contributed by atoms with Crippen LogP contribution in [0.1, 0.15) is 42.6 Å². The van der Waals surface area contributed by atoms with Gasteiger partial charge in [-0.25, -0.2) is 0 Å². The molecule has 0 spiro atoms. The highest BCUT2D eigenvalue weighted by molar-refractivity contribution is 7.98. The molecule has 20 heavy (non-hydrogen) atoms. The Morgan fingerprint density at radius 3 is 2.15 bits per heavy atom. The van der Waals surface area contributed by atoms with E-state index in [-0.39, 0.29) is 0 Å². The van der Waals surface area contributed by atoms with Gasteiger partial charge in [0.05, 0.1) is 0 Å². The summed E-state index contributed by atoms with van der Waals surface area (Å²) in [6.07, 6.45) is 2.11. The van der Waals surface area contributed by atoms with Gasteiger partial charge in [-0.15, -0.1) is 11.8 Å². The van der Waals surface area contributed by atoms with Gasteiger partial charge >= 0.3 is 0 Å². The molecule has 0 amide bonds. The van der Waals surface area contributed by atoms with E-state index in [0.29, 0.717) is 12.1 Å². The van der Waals surface area contributed by atoms with E-state index >= 15 is 0 Å². The van der Waals surface area contributed by atoms with Crippen molar-refractivity contribution >= 4 is 11.8 Å². The third-order valence-corrected chi connectivity index (χ3v) is 4.40. The fourth-order valence-corrected chi connectivity index (χ4v) is 2.81. The number of thioether (sulfide) groups is 1. The van der Waals surface area contributed by atoms with Crippen LogP contribution in [0.3, 0.4) is 0 Å². The highest BCUT2D eigenvalue weighted by Gasteiger charge is 2.11. The quantitative estimate of drug-likeness (QED) is 0.764. The van der Waals surface area contributed by atoms with Gasteiger partial charge in [0.25, 0.3) is 0 Å². The summed E-state index contributed by atoms with van der Waals surface area (Å²) in [5.74, 6) is 0. The fourth-order valence-electron chi connectivity index (χ4n) is 2.40. The van der Waals surface area contributed by atoms with Gasteiger partial charge in [-0.3, -0.25) is 0 Å². The summed E-state index contributed by atoms with van der Waals surface area (Å²) in [5, 5.41) is 3.67. The van der Waals surface area contributed by atoms with Gasteiger partial charge in [0, 0.05) is 17.0 Å². The molecule has 2 rings (SSSR count). The average Bonchev–Trinajstić information content (AvgIpc) is 2.47. The van der Waals surface area contributed by atoms with E-state index < -0.39 is 0 Å². The SMILES string of the molecule is CSc1ccc(C(C)NC(C)c2cccc(C)c2)cc1. The number of hydrogen-bond acceptors (Lipinski definition) is 2. The van der Waals surface area contributed by atoms with Crippen LogP contribution in [0.15, 0.2) is 53.4 Å². The number of nitrogens with one attached hydrogen (secondary N) is 1. The summed E-state index contributed by atoms with van der Waals surface area (Å²) in [6.45, 7) is 6.59. The lowest BCUT2D eigenvalue weighted by Gasteiger charge is -2.21. The molecule has 0 heterocycles. The first-order chi connectivity index (χ1) is 9.60. The summed E-state index contributed by atoms with van der Waals surface area (Å²) in [4.78, 5) is 1.31. The van der Waals surface area contributed by atoms with E-state index in [1.807, 2.05) is 0 Å². The first-order valence-electron chi connectivity index (χ1n) is 7.06. The molecular formula is C18H23NS. The molecule has 0 saturated heterocycles. The van der Waals surface area contributed by atoms with Gasteiger partial charge in [-0.2, -0.15) is 0 Å². The standard InChI is InChI=1S/C18H23NS/c1-13-6-5-7-17(12-13)15(3)19-14(2)16-8-10-18(20-4)11-9-16/h5-12,14-15,19H,1-4H3. The van der Waals surface area contributed by atoms with Gasteiger partial charge < -0.3 is 5.32 Å². The largest absolute Gasteiger partial charge is 0.304 e. The molecule has 0 radical (unpaired) electrons. The minimum atomic E-state index is 0.349. The van der Waals surface area contributed by atoms with E-state index in [2.05, 4.69) is 80.9 Å². The predicted molar refractivity (Wildman–Crippen MR) is 89.4 cm³/mol. The summed E-state index contributed by atoms with van der Waals surface area (Å²) < 4.78 is 0. The molecule has 0 aliphatic carbocycles. The maximum Gasteiger partial charge on any atom is 0.0297 e. The van der Waals surface area contributed by atoms with Crippen molar-refractivity contribution in [3.63, 3.8) is 0 Å². The lowest BCUT2D eigenvalue weighted by molar-refractivity contribution is 0.494. The Hall–Kier alpha value is -1.25. The second-order valence-corrected chi connectivity index (χ2v) is 6.18. The molecule has 0 aromatic heterocycles. The van der Waals surface area contributed by atoms with Gasteiger partial charge in [-0.1, -0.05) is 42.0 Å². The van der Waals surface area contributed by atoms with Crippen molar-refractivity contribution in [1.29, 1.82) is 0 Å². The number of benzene rings is 2. The van der Waals surface area contributed by atoms with E-state index in [0.717, 1.165) is 0 Å². The second-order valence-electron chi connectivity index (χ2n) is 5.30. The van der Waals surface area contributed by atoms with Crippen molar-refractivity contribution in [1.82, 2.24) is 5.32 Å². The molecule has 0 saturated carbocycles. The lowest BCUT2D eigenvalue weighted by Crippen LogP contribution is -2.22. The molecule has 0 aliphatic heterocycles. The summed E-state index contributed by atoms with van der Waals surface area (Å²) >= 11 is 1.78. The average molecular weight is 285 g/mol. The Morgan fingerprint density at radius 1 is 0.900 bits per heavy atom. The van der Waals surface area contributed by atoms with Crippen molar-refractivity contribution < 1.29 is 0 Å². The van der Waals surface area contributed by atoms with Crippen LogP contribution in [-0.4, -0.2) is 6.26 Å². The minimum Gasteiger partial charge on any atom is -0.304 e. The molecule has 2 unspecified atom stereocenters. The second kappa shape index (κ2) is 6.96. The molecule has 0 bridgehead atoms. The molecule has 2 aromatic rings. The smallest absolute Gasteiger partial charge is 0.0297 e. The van der Waals surface area contributed by atoms with E-state index in [1.165, 1.54) is 21.6 Å². The monoisotopic (exact) mass is 285 g/mol. The summed E-state index contributed by atoms with van der Waals surface area (Å²) in [6, 6.07) is 18.2. The van der Waals surface area contributed by atoms with Crippen molar-refractivity contribution in [2.75, 3.05) is 6.26 Å². The van der Waals surface area contributed by atoms with Crippen LogP contribution in [0.25, 0.3) is 0 Å². The number of aryl methyl sites for hydroxylation is 1. The van der Waals surface area contributed by atoms with Gasteiger partial charge in [-0.05, 0) is 50.3 Å². The maximum atomic E-state index is 3.67. The zero-order chi connectivity index (χ0) is 14.5. The first-order valence-corrected chi connectivity index (χ1v) is 8.29. The van der Waals surface area contributed by atoms with E-state index in [4.69, 9.17) is 0 Å². The molecule has 2 atom stereocenters. The van der Waals surface area contributed by atoms with Crippen molar-refractivity contribution in [3.8, 4) is 0 Å². The summed E-state index contributed by atoms with van der Waals surface area (Å²) in [5.41, 5.74) is 3.99. The molecule has 2 heteroatoms. The normalized spacial score (nSPS) is 14.0. The van der Waals surface area contributed by atoms with Crippen LogP contribution >= 0.6 is 11.8 Å². The summed E-state index contributed by atoms with van der Waals surface area (Å²) in [7, 11) is 0. The van der Waals surface area contributed by atoms with Crippen LogP contribution < -0.4 is 5.32 Å². The third-order valence-electron chi connectivity index (χ3n) is 3.66. The third kappa shape index (κ3) is 3.87. The Labute approximate surface area is 126 Å².